The molecule has 120 valence electrons. The van der Waals surface area contributed by atoms with E-state index in [-0.39, 0.29) is 0 Å². The quantitative estimate of drug-likeness (QED) is 0.628. The zero-order chi connectivity index (χ0) is 16.9. The molecule has 0 radical (unpaired) electrons. The molecule has 0 N–H and O–H groups in total. The largest absolute Gasteiger partial charge is 0.468 e. The molecule has 0 atom stereocenters. The monoisotopic (exact) mass is 312 g/mol. The minimum atomic E-state index is -1.48. The van der Waals surface area contributed by atoms with Crippen molar-refractivity contribution < 1.29 is 19.1 Å². The Morgan fingerprint density at radius 3 is 1.43 bits per heavy atom. The molecule has 0 aliphatic heterocycles. The Morgan fingerprint density at radius 1 is 0.783 bits per heavy atom. The van der Waals surface area contributed by atoms with Crippen LogP contribution in [0.15, 0.2) is 60.7 Å². The van der Waals surface area contributed by atoms with Crippen molar-refractivity contribution in [3.63, 3.8) is 0 Å². The first kappa shape index (κ1) is 16.7. The summed E-state index contributed by atoms with van der Waals surface area (Å²) in [5.74, 6) is -1.76. The van der Waals surface area contributed by atoms with Crippen molar-refractivity contribution in [2.45, 2.75) is 12.8 Å². The molecule has 0 amide bonds. The Kier molecular flexibility index (Phi) is 5.16. The summed E-state index contributed by atoms with van der Waals surface area (Å²) in [5.41, 5.74) is 0.209. The standard InChI is InChI=1S/C19H20O4/c1-19(17(20)22-2,18(21)23-3)16(14-10-6-4-7-11-14)15-12-8-5-9-13-15/h4-13,16H,1-3H3. The number of carbonyl (C=O) groups excluding carboxylic acids is 2. The van der Waals surface area contributed by atoms with E-state index in [2.05, 4.69) is 0 Å². The fourth-order valence-corrected chi connectivity index (χ4v) is 2.89. The van der Waals surface area contributed by atoms with Crippen molar-refractivity contribution in [1.82, 2.24) is 0 Å². The van der Waals surface area contributed by atoms with Gasteiger partial charge in [-0.05, 0) is 18.1 Å². The smallest absolute Gasteiger partial charge is 0.323 e. The topological polar surface area (TPSA) is 52.6 Å². The summed E-state index contributed by atoms with van der Waals surface area (Å²) < 4.78 is 9.85. The third kappa shape index (κ3) is 3.11. The summed E-state index contributed by atoms with van der Waals surface area (Å²) in [6.45, 7) is 1.56. The van der Waals surface area contributed by atoms with Gasteiger partial charge in [0.1, 0.15) is 0 Å². The summed E-state index contributed by atoms with van der Waals surface area (Å²) >= 11 is 0. The molecular formula is C19H20O4. The van der Waals surface area contributed by atoms with Gasteiger partial charge in [-0.2, -0.15) is 0 Å². The van der Waals surface area contributed by atoms with Crippen LogP contribution in [0, 0.1) is 5.41 Å². The van der Waals surface area contributed by atoms with Gasteiger partial charge in [0.2, 0.25) is 0 Å². The van der Waals surface area contributed by atoms with E-state index in [9.17, 15) is 9.59 Å². The zero-order valence-corrected chi connectivity index (χ0v) is 13.5. The van der Waals surface area contributed by atoms with E-state index in [0.717, 1.165) is 11.1 Å². The molecule has 0 saturated carbocycles. The maximum atomic E-state index is 12.5. The number of hydrogen-bond acceptors (Lipinski definition) is 4. The van der Waals surface area contributed by atoms with Crippen molar-refractivity contribution in [3.8, 4) is 0 Å². The van der Waals surface area contributed by atoms with Crippen LogP contribution in [-0.4, -0.2) is 26.2 Å². The van der Waals surface area contributed by atoms with Gasteiger partial charge in [-0.15, -0.1) is 0 Å². The van der Waals surface area contributed by atoms with Crippen molar-refractivity contribution in [1.29, 1.82) is 0 Å². The van der Waals surface area contributed by atoms with Crippen molar-refractivity contribution >= 4 is 11.9 Å². The molecule has 0 aromatic heterocycles. The van der Waals surface area contributed by atoms with Crippen molar-refractivity contribution in [3.05, 3.63) is 71.8 Å². The van der Waals surface area contributed by atoms with Gasteiger partial charge in [-0.25, -0.2) is 0 Å². The molecule has 0 spiro atoms. The molecule has 23 heavy (non-hydrogen) atoms. The number of esters is 2. The molecule has 0 unspecified atom stereocenters. The first-order valence-electron chi connectivity index (χ1n) is 7.32. The zero-order valence-electron chi connectivity index (χ0n) is 13.5. The predicted octanol–water partition coefficient (Wildman–Crippen LogP) is 3.17. The first-order chi connectivity index (χ1) is 11.1. The van der Waals surface area contributed by atoms with E-state index in [1.807, 2.05) is 60.7 Å². The lowest BCUT2D eigenvalue weighted by Gasteiger charge is -2.33. The maximum Gasteiger partial charge on any atom is 0.323 e. The van der Waals surface area contributed by atoms with Gasteiger partial charge in [0.25, 0.3) is 0 Å². The summed E-state index contributed by atoms with van der Waals surface area (Å²) in [7, 11) is 2.55. The summed E-state index contributed by atoms with van der Waals surface area (Å²) in [4.78, 5) is 25.0. The second kappa shape index (κ2) is 7.09. The molecule has 0 saturated heterocycles. The molecule has 4 nitrogen and oxygen atoms in total. The summed E-state index contributed by atoms with van der Waals surface area (Å²) in [5, 5.41) is 0. The molecule has 4 heteroatoms. The van der Waals surface area contributed by atoms with E-state index in [1.165, 1.54) is 14.2 Å². The molecule has 2 aromatic rings. The highest BCUT2D eigenvalue weighted by molar-refractivity contribution is 6.01. The normalized spacial score (nSPS) is 11.1. The molecule has 0 aliphatic carbocycles. The fraction of sp³-hybridized carbons (Fsp3) is 0.263. The van der Waals surface area contributed by atoms with Crippen molar-refractivity contribution in [2.24, 2.45) is 5.41 Å². The van der Waals surface area contributed by atoms with Crippen LogP contribution >= 0.6 is 0 Å². The van der Waals surface area contributed by atoms with Gasteiger partial charge in [0.05, 0.1) is 14.2 Å². The van der Waals surface area contributed by atoms with Gasteiger partial charge in [-0.3, -0.25) is 9.59 Å². The molecule has 2 aromatic carbocycles. The lowest BCUT2D eigenvalue weighted by molar-refractivity contribution is -0.168. The average molecular weight is 312 g/mol. The highest BCUT2D eigenvalue weighted by atomic mass is 16.5. The Bertz CT molecular complexity index is 609. The predicted molar refractivity (Wildman–Crippen MR) is 86.9 cm³/mol. The molecule has 0 bridgehead atoms. The Balaban J connectivity index is 2.68. The first-order valence-corrected chi connectivity index (χ1v) is 7.32. The van der Waals surface area contributed by atoms with Gasteiger partial charge in [-0.1, -0.05) is 60.7 Å². The number of hydrogen-bond donors (Lipinski definition) is 0. The average Bonchev–Trinajstić information content (AvgIpc) is 2.62. The minimum absolute atomic E-state index is 0.509. The highest BCUT2D eigenvalue weighted by Gasteiger charge is 2.51. The number of methoxy groups -OCH3 is 2. The van der Waals surface area contributed by atoms with Crippen LogP contribution in [-0.2, 0) is 19.1 Å². The Hall–Kier alpha value is -2.62. The second-order valence-electron chi connectivity index (χ2n) is 5.44. The van der Waals surface area contributed by atoms with Gasteiger partial charge < -0.3 is 9.47 Å². The van der Waals surface area contributed by atoms with Crippen molar-refractivity contribution in [2.75, 3.05) is 14.2 Å². The molecular weight excluding hydrogens is 292 g/mol. The lowest BCUT2D eigenvalue weighted by Crippen LogP contribution is -2.44. The van der Waals surface area contributed by atoms with Gasteiger partial charge >= 0.3 is 11.9 Å². The summed E-state index contributed by atoms with van der Waals surface area (Å²) in [6.07, 6.45) is 0. The number of rotatable bonds is 5. The molecule has 2 rings (SSSR count). The second-order valence-corrected chi connectivity index (χ2v) is 5.44. The SMILES string of the molecule is COC(=O)C(C)(C(=O)OC)C(c1ccccc1)c1ccccc1. The van der Waals surface area contributed by atoms with E-state index in [0.29, 0.717) is 0 Å². The third-order valence-electron chi connectivity index (χ3n) is 4.06. The van der Waals surface area contributed by atoms with Crippen LogP contribution in [0.1, 0.15) is 24.0 Å². The molecule has 0 fully saturated rings. The lowest BCUT2D eigenvalue weighted by atomic mass is 9.70. The van der Waals surface area contributed by atoms with Crippen LogP contribution in [0.2, 0.25) is 0 Å². The van der Waals surface area contributed by atoms with Crippen LogP contribution < -0.4 is 0 Å². The Morgan fingerprint density at radius 2 is 1.13 bits per heavy atom. The van der Waals surface area contributed by atoms with Crippen LogP contribution in [0.25, 0.3) is 0 Å². The molecule has 0 heterocycles. The van der Waals surface area contributed by atoms with Gasteiger partial charge in [0.15, 0.2) is 5.41 Å². The maximum absolute atomic E-state index is 12.5. The highest BCUT2D eigenvalue weighted by Crippen LogP contribution is 2.43. The molecule has 0 aliphatic rings. The fourth-order valence-electron chi connectivity index (χ4n) is 2.89. The van der Waals surface area contributed by atoms with Crippen LogP contribution in [0.3, 0.4) is 0 Å². The summed E-state index contributed by atoms with van der Waals surface area (Å²) in [6, 6.07) is 18.8. The van der Waals surface area contributed by atoms with E-state index < -0.39 is 23.3 Å². The Labute approximate surface area is 136 Å². The number of ether oxygens (including phenoxy) is 2. The van der Waals surface area contributed by atoms with E-state index >= 15 is 0 Å². The minimum Gasteiger partial charge on any atom is -0.468 e. The van der Waals surface area contributed by atoms with Crippen LogP contribution in [0.5, 0.6) is 0 Å². The van der Waals surface area contributed by atoms with E-state index in [4.69, 9.17) is 9.47 Å². The number of benzene rings is 2. The van der Waals surface area contributed by atoms with Gasteiger partial charge in [0, 0.05) is 5.92 Å². The van der Waals surface area contributed by atoms with E-state index in [1.54, 1.807) is 6.92 Å². The third-order valence-corrected chi connectivity index (χ3v) is 4.06. The van der Waals surface area contributed by atoms with Crippen LogP contribution in [0.4, 0.5) is 0 Å². The number of carbonyl (C=O) groups is 2.